The summed E-state index contributed by atoms with van der Waals surface area (Å²) in [6.07, 6.45) is -1.80. The third-order valence-electron chi connectivity index (χ3n) is 3.82. The topological polar surface area (TPSA) is 213 Å². The molecule has 0 radical (unpaired) electrons. The van der Waals surface area contributed by atoms with Crippen LogP contribution in [-0.4, -0.2) is 68.2 Å². The molecule has 0 aliphatic heterocycles. The van der Waals surface area contributed by atoms with Gasteiger partial charge >= 0.3 is 17.9 Å². The van der Waals surface area contributed by atoms with Gasteiger partial charge in [0.25, 0.3) is 5.91 Å². The number of carbonyl (C=O) groups excluding carboxylic acids is 2. The van der Waals surface area contributed by atoms with Gasteiger partial charge in [0, 0.05) is 6.42 Å². The molecule has 158 valence electrons. The predicted octanol–water partition coefficient (Wildman–Crippen LogP) is -1.85. The summed E-state index contributed by atoms with van der Waals surface area (Å²) in [7, 11) is 0. The number of nitrogens with one attached hydrogen (secondary N) is 1. The molecule has 0 spiro atoms. The molecule has 2 amide bonds. The van der Waals surface area contributed by atoms with Crippen LogP contribution in [0.25, 0.3) is 0 Å². The Morgan fingerprint density at radius 1 is 0.966 bits per heavy atom. The average Bonchev–Trinajstić information content (AvgIpc) is 2.62. The summed E-state index contributed by atoms with van der Waals surface area (Å²) in [5.74, 6) is -6.65. The highest BCUT2D eigenvalue weighted by Crippen LogP contribution is 2.12. The normalized spacial score (nSPS) is 13.7. The van der Waals surface area contributed by atoms with Crippen molar-refractivity contribution in [1.82, 2.24) is 10.4 Å². The fraction of sp³-hybridized carbons (Fsp3) is 0.353. The van der Waals surface area contributed by atoms with Gasteiger partial charge in [-0.05, 0) is 5.56 Å². The highest BCUT2D eigenvalue weighted by Gasteiger charge is 2.36. The smallest absolute Gasteiger partial charge is 0.328 e. The monoisotopic (exact) mass is 410 g/mol. The Kier molecular flexibility index (Phi) is 8.70. The number of benzene rings is 1. The van der Waals surface area contributed by atoms with E-state index in [1.165, 1.54) is 0 Å². The number of carbonyl (C=O) groups is 5. The molecule has 1 aromatic rings. The van der Waals surface area contributed by atoms with Crippen LogP contribution in [0.4, 0.5) is 0 Å². The fourth-order valence-corrected chi connectivity index (χ4v) is 2.44. The second-order valence-corrected chi connectivity index (χ2v) is 6.15. The lowest BCUT2D eigenvalue weighted by Gasteiger charge is -2.33. The Hall–Kier alpha value is -3.51. The minimum atomic E-state index is -1.73. The van der Waals surface area contributed by atoms with Crippen LogP contribution < -0.4 is 16.9 Å². The first-order valence-corrected chi connectivity index (χ1v) is 8.37. The van der Waals surface area contributed by atoms with Crippen molar-refractivity contribution in [2.24, 2.45) is 11.5 Å². The van der Waals surface area contributed by atoms with Crippen molar-refractivity contribution in [1.29, 1.82) is 0 Å². The van der Waals surface area contributed by atoms with Gasteiger partial charge in [0.05, 0.1) is 18.9 Å². The van der Waals surface area contributed by atoms with Gasteiger partial charge in [-0.2, -0.15) is 0 Å². The molecule has 0 aliphatic carbocycles. The summed E-state index contributed by atoms with van der Waals surface area (Å²) >= 11 is 0. The zero-order chi connectivity index (χ0) is 22.1. The number of amides is 2. The lowest BCUT2D eigenvalue weighted by molar-refractivity contribution is -0.158. The summed E-state index contributed by atoms with van der Waals surface area (Å²) in [4.78, 5) is 57.9. The van der Waals surface area contributed by atoms with Crippen molar-refractivity contribution in [2.75, 3.05) is 0 Å². The molecule has 0 heterocycles. The Labute approximate surface area is 165 Å². The number of hydrogen-bond donors (Lipinski definition) is 6. The van der Waals surface area contributed by atoms with E-state index in [9.17, 15) is 34.2 Å². The Balaban J connectivity index is 3.28. The number of nitrogens with zero attached hydrogens (tertiary/aromatic N) is 1. The van der Waals surface area contributed by atoms with Crippen LogP contribution in [0.3, 0.4) is 0 Å². The molecular weight excluding hydrogens is 388 g/mol. The number of rotatable bonds is 12. The molecule has 0 bridgehead atoms. The van der Waals surface area contributed by atoms with E-state index in [1.807, 2.05) is 0 Å². The first-order valence-electron chi connectivity index (χ1n) is 8.37. The number of primary amides is 1. The molecular formula is C17H22N4O8. The van der Waals surface area contributed by atoms with Gasteiger partial charge in [0.2, 0.25) is 5.91 Å². The van der Waals surface area contributed by atoms with Crippen LogP contribution in [0.1, 0.15) is 18.4 Å². The Bertz CT molecular complexity index is 770. The quantitative estimate of drug-likeness (QED) is 0.211. The molecule has 0 aromatic heterocycles. The zero-order valence-corrected chi connectivity index (χ0v) is 15.2. The number of hydrazine groups is 1. The van der Waals surface area contributed by atoms with E-state index in [2.05, 4.69) is 5.43 Å². The second-order valence-electron chi connectivity index (χ2n) is 6.15. The maximum Gasteiger partial charge on any atom is 0.328 e. The predicted molar refractivity (Wildman–Crippen MR) is 97.0 cm³/mol. The van der Waals surface area contributed by atoms with Crippen LogP contribution in [-0.2, 0) is 30.4 Å². The van der Waals surface area contributed by atoms with Crippen LogP contribution in [0.5, 0.6) is 0 Å². The fourth-order valence-electron chi connectivity index (χ4n) is 2.44. The van der Waals surface area contributed by atoms with Crippen molar-refractivity contribution in [3.63, 3.8) is 0 Å². The molecule has 1 rings (SSSR count). The van der Waals surface area contributed by atoms with Gasteiger partial charge in [-0.1, -0.05) is 30.3 Å². The Morgan fingerprint density at radius 3 is 2.00 bits per heavy atom. The first kappa shape index (κ1) is 23.5. The van der Waals surface area contributed by atoms with Gasteiger partial charge in [0.15, 0.2) is 0 Å². The van der Waals surface area contributed by atoms with Crippen molar-refractivity contribution >= 4 is 29.7 Å². The summed E-state index contributed by atoms with van der Waals surface area (Å²) in [5, 5.41) is 28.2. The molecule has 3 atom stereocenters. The van der Waals surface area contributed by atoms with Gasteiger partial charge in [-0.3, -0.25) is 24.2 Å². The van der Waals surface area contributed by atoms with E-state index < -0.39 is 60.7 Å². The SMILES string of the molecule is NC(=O)C[C@H](NN(C(=O)[C@@H](N)CC(=O)O)[C@@H](Cc1ccccc1)C(=O)O)C(=O)O. The number of hydrogen-bond acceptors (Lipinski definition) is 7. The molecule has 0 aliphatic rings. The largest absolute Gasteiger partial charge is 0.481 e. The van der Waals surface area contributed by atoms with Crippen LogP contribution in [0, 0.1) is 0 Å². The van der Waals surface area contributed by atoms with Crippen molar-refractivity contribution in [3.8, 4) is 0 Å². The van der Waals surface area contributed by atoms with Crippen LogP contribution in [0.2, 0.25) is 0 Å². The van der Waals surface area contributed by atoms with Crippen molar-refractivity contribution in [3.05, 3.63) is 35.9 Å². The van der Waals surface area contributed by atoms with Gasteiger partial charge in [-0.15, -0.1) is 0 Å². The molecule has 0 unspecified atom stereocenters. The summed E-state index contributed by atoms with van der Waals surface area (Å²) in [5.41, 5.74) is 13.2. The van der Waals surface area contributed by atoms with Crippen LogP contribution in [0.15, 0.2) is 30.3 Å². The van der Waals surface area contributed by atoms with Crippen molar-refractivity contribution in [2.45, 2.75) is 37.4 Å². The van der Waals surface area contributed by atoms with E-state index in [4.69, 9.17) is 16.6 Å². The van der Waals surface area contributed by atoms with Crippen LogP contribution >= 0.6 is 0 Å². The molecule has 12 heteroatoms. The lowest BCUT2D eigenvalue weighted by Crippen LogP contribution is -2.62. The van der Waals surface area contributed by atoms with Gasteiger partial charge in [-0.25, -0.2) is 10.2 Å². The van der Waals surface area contributed by atoms with Crippen molar-refractivity contribution < 1.29 is 39.3 Å². The average molecular weight is 410 g/mol. The summed E-state index contributed by atoms with van der Waals surface area (Å²) in [6.45, 7) is 0. The minimum absolute atomic E-state index is 0.238. The highest BCUT2D eigenvalue weighted by molar-refractivity contribution is 5.90. The number of nitrogens with two attached hydrogens (primary N) is 2. The number of carboxylic acids is 3. The van der Waals surface area contributed by atoms with E-state index in [1.54, 1.807) is 30.3 Å². The summed E-state index contributed by atoms with van der Waals surface area (Å²) < 4.78 is 0. The number of aliphatic carboxylic acids is 3. The van der Waals surface area contributed by atoms with Gasteiger partial charge < -0.3 is 26.8 Å². The minimum Gasteiger partial charge on any atom is -0.481 e. The molecule has 29 heavy (non-hydrogen) atoms. The third-order valence-corrected chi connectivity index (χ3v) is 3.82. The van der Waals surface area contributed by atoms with E-state index in [0.29, 0.717) is 10.6 Å². The second kappa shape index (κ2) is 10.7. The molecule has 1 aromatic carbocycles. The molecule has 8 N–H and O–H groups in total. The maximum absolute atomic E-state index is 12.7. The summed E-state index contributed by atoms with van der Waals surface area (Å²) in [6, 6.07) is 3.12. The highest BCUT2D eigenvalue weighted by atomic mass is 16.4. The molecule has 12 nitrogen and oxygen atoms in total. The standard InChI is InChI=1S/C17H22N4O8/c18-10(7-14(23)24)15(25)21(20-11(16(26)27)8-13(19)22)12(17(28)29)6-9-4-2-1-3-5-9/h1-5,10-12,20H,6-8,18H2,(H2,19,22)(H,23,24)(H,26,27)(H,28,29)/t10-,11-,12-/m0/s1. The lowest BCUT2D eigenvalue weighted by atomic mass is 10.0. The van der Waals surface area contributed by atoms with E-state index in [0.717, 1.165) is 0 Å². The molecule has 0 saturated heterocycles. The third kappa shape index (κ3) is 7.56. The number of carboxylic acid groups (broad SMARTS) is 3. The first-order chi connectivity index (χ1) is 13.5. The zero-order valence-electron chi connectivity index (χ0n) is 15.2. The Morgan fingerprint density at radius 2 is 1.55 bits per heavy atom. The maximum atomic E-state index is 12.7. The molecule has 0 saturated carbocycles. The van der Waals surface area contributed by atoms with Gasteiger partial charge in [0.1, 0.15) is 12.1 Å². The molecule has 0 fully saturated rings. The van der Waals surface area contributed by atoms with E-state index in [-0.39, 0.29) is 6.42 Å². The van der Waals surface area contributed by atoms with E-state index >= 15 is 0 Å².